The predicted octanol–water partition coefficient (Wildman–Crippen LogP) is 3.45. The maximum absolute atomic E-state index is 4.84. The zero-order valence-electron chi connectivity index (χ0n) is 17.1. The van der Waals surface area contributed by atoms with Gasteiger partial charge in [-0.3, -0.25) is 4.99 Å². The number of hydrogen-bond donors (Lipinski definition) is 3. The zero-order valence-corrected chi connectivity index (χ0v) is 17.1. The van der Waals surface area contributed by atoms with Gasteiger partial charge < -0.3 is 20.5 Å². The van der Waals surface area contributed by atoms with Crippen LogP contribution in [0.15, 0.2) is 29.4 Å². The minimum absolute atomic E-state index is 0.534. The number of hydrogen-bond acceptors (Lipinski definition) is 2. The van der Waals surface area contributed by atoms with Crippen LogP contribution in [0.25, 0.3) is 10.9 Å². The third kappa shape index (κ3) is 5.25. The number of H-pyrrole nitrogens is 1. The van der Waals surface area contributed by atoms with E-state index in [0.29, 0.717) is 6.04 Å². The number of nitrogens with zero attached hydrogens (tertiary/aromatic N) is 2. The first-order valence-electron chi connectivity index (χ1n) is 10.5. The number of piperidine rings is 1. The molecule has 2 heterocycles. The summed E-state index contributed by atoms with van der Waals surface area (Å²) in [6.07, 6.45) is 6.74. The second-order valence-electron chi connectivity index (χ2n) is 7.58. The molecule has 0 atom stereocenters. The normalized spacial score (nSPS) is 16.8. The van der Waals surface area contributed by atoms with Gasteiger partial charge in [0.05, 0.1) is 0 Å². The van der Waals surface area contributed by atoms with Gasteiger partial charge >= 0.3 is 0 Å². The van der Waals surface area contributed by atoms with Gasteiger partial charge in [0.1, 0.15) is 0 Å². The van der Waals surface area contributed by atoms with Crippen molar-refractivity contribution >= 4 is 16.9 Å². The van der Waals surface area contributed by atoms with E-state index in [0.717, 1.165) is 25.5 Å². The molecular weight excluding hydrogens is 334 g/mol. The molecule has 5 nitrogen and oxygen atoms in total. The van der Waals surface area contributed by atoms with Crippen LogP contribution in [0.5, 0.6) is 0 Å². The summed E-state index contributed by atoms with van der Waals surface area (Å²) in [5.74, 6) is 0.961. The SMILES string of the molecule is CCCN1CCC(NC(=NCCc2c[nH]c3cccc(C)c23)NCC)CC1. The fourth-order valence-corrected chi connectivity index (χ4v) is 4.07. The van der Waals surface area contributed by atoms with Gasteiger partial charge in [-0.1, -0.05) is 19.1 Å². The fraction of sp³-hybridized carbons (Fsp3) is 0.591. The second kappa shape index (κ2) is 9.79. The van der Waals surface area contributed by atoms with Gasteiger partial charge in [0.25, 0.3) is 0 Å². The Morgan fingerprint density at radius 3 is 2.81 bits per heavy atom. The fourth-order valence-electron chi connectivity index (χ4n) is 4.07. The molecule has 1 aromatic heterocycles. The van der Waals surface area contributed by atoms with Gasteiger partial charge in [0.15, 0.2) is 5.96 Å². The van der Waals surface area contributed by atoms with Crippen molar-refractivity contribution in [1.82, 2.24) is 20.5 Å². The lowest BCUT2D eigenvalue weighted by atomic mass is 10.1. The molecule has 0 unspecified atom stereocenters. The minimum atomic E-state index is 0.534. The van der Waals surface area contributed by atoms with Crippen LogP contribution in [0.3, 0.4) is 0 Å². The summed E-state index contributed by atoms with van der Waals surface area (Å²) in [5, 5.41) is 8.42. The number of likely N-dealkylation sites (tertiary alicyclic amines) is 1. The molecule has 0 radical (unpaired) electrons. The Morgan fingerprint density at radius 1 is 1.26 bits per heavy atom. The highest BCUT2D eigenvalue weighted by molar-refractivity contribution is 5.86. The monoisotopic (exact) mass is 369 g/mol. The summed E-state index contributed by atoms with van der Waals surface area (Å²) < 4.78 is 0. The van der Waals surface area contributed by atoms with Crippen molar-refractivity contribution in [3.8, 4) is 0 Å². The Labute approximate surface area is 163 Å². The lowest BCUT2D eigenvalue weighted by Crippen LogP contribution is -2.48. The van der Waals surface area contributed by atoms with E-state index in [1.807, 2.05) is 0 Å². The van der Waals surface area contributed by atoms with E-state index in [1.54, 1.807) is 0 Å². The third-order valence-electron chi connectivity index (χ3n) is 5.46. The number of nitrogens with one attached hydrogen (secondary N) is 3. The van der Waals surface area contributed by atoms with E-state index in [1.165, 1.54) is 60.9 Å². The Kier molecular flexibility index (Phi) is 7.16. The number of guanidine groups is 1. The van der Waals surface area contributed by atoms with Gasteiger partial charge in [0.2, 0.25) is 0 Å². The molecule has 1 fully saturated rings. The van der Waals surface area contributed by atoms with Crippen LogP contribution in [0.1, 0.15) is 44.2 Å². The smallest absolute Gasteiger partial charge is 0.191 e. The largest absolute Gasteiger partial charge is 0.361 e. The van der Waals surface area contributed by atoms with E-state index in [-0.39, 0.29) is 0 Å². The Balaban J connectivity index is 1.56. The molecule has 148 valence electrons. The quantitative estimate of drug-likeness (QED) is 0.518. The summed E-state index contributed by atoms with van der Waals surface area (Å²) in [4.78, 5) is 10.8. The first kappa shape index (κ1) is 19.7. The standard InChI is InChI=1S/C22H35N5/c1-4-13-27-14-10-19(11-15-27)26-22(23-5-2)24-12-9-18-16-25-20-8-6-7-17(3)21(18)20/h6-8,16,19,25H,4-5,9-15H2,1-3H3,(H2,23,24,26). The molecule has 5 heteroatoms. The van der Waals surface area contributed by atoms with Crippen molar-refractivity contribution < 1.29 is 0 Å². The Bertz CT molecular complexity index is 740. The molecule has 27 heavy (non-hydrogen) atoms. The lowest BCUT2D eigenvalue weighted by molar-refractivity contribution is 0.206. The van der Waals surface area contributed by atoms with Crippen molar-refractivity contribution in [3.63, 3.8) is 0 Å². The van der Waals surface area contributed by atoms with Crippen molar-refractivity contribution in [2.45, 2.75) is 52.5 Å². The van der Waals surface area contributed by atoms with Gasteiger partial charge in [-0.2, -0.15) is 0 Å². The Morgan fingerprint density at radius 2 is 2.07 bits per heavy atom. The van der Waals surface area contributed by atoms with Crippen LogP contribution in [-0.2, 0) is 6.42 Å². The van der Waals surface area contributed by atoms with Crippen LogP contribution in [0, 0.1) is 6.92 Å². The molecule has 0 spiro atoms. The van der Waals surface area contributed by atoms with Crippen LogP contribution >= 0.6 is 0 Å². The highest BCUT2D eigenvalue weighted by atomic mass is 15.2. The van der Waals surface area contributed by atoms with Crippen molar-refractivity contribution in [1.29, 1.82) is 0 Å². The molecule has 0 saturated carbocycles. The van der Waals surface area contributed by atoms with Crippen LogP contribution < -0.4 is 10.6 Å². The van der Waals surface area contributed by atoms with Gasteiger partial charge in [-0.15, -0.1) is 0 Å². The predicted molar refractivity (Wildman–Crippen MR) is 116 cm³/mol. The molecule has 1 aliphatic rings. The minimum Gasteiger partial charge on any atom is -0.361 e. The van der Waals surface area contributed by atoms with E-state index < -0.39 is 0 Å². The van der Waals surface area contributed by atoms with Crippen LogP contribution in [0.4, 0.5) is 0 Å². The molecule has 3 N–H and O–H groups in total. The first-order valence-corrected chi connectivity index (χ1v) is 10.5. The van der Waals surface area contributed by atoms with Crippen molar-refractivity contribution in [2.24, 2.45) is 4.99 Å². The van der Waals surface area contributed by atoms with Gasteiger partial charge in [-0.25, -0.2) is 0 Å². The van der Waals surface area contributed by atoms with Gasteiger partial charge in [-0.05, 0) is 63.3 Å². The average Bonchev–Trinajstić information content (AvgIpc) is 3.08. The maximum atomic E-state index is 4.84. The number of rotatable bonds is 7. The number of fused-ring (bicyclic) bond motifs is 1. The summed E-state index contributed by atoms with van der Waals surface area (Å²) in [6, 6.07) is 6.96. The maximum Gasteiger partial charge on any atom is 0.191 e. The van der Waals surface area contributed by atoms with Crippen molar-refractivity contribution in [3.05, 3.63) is 35.5 Å². The number of benzene rings is 1. The zero-order chi connectivity index (χ0) is 19.1. The molecular formula is C22H35N5. The number of aryl methyl sites for hydroxylation is 1. The highest BCUT2D eigenvalue weighted by Crippen LogP contribution is 2.22. The van der Waals surface area contributed by atoms with E-state index in [2.05, 4.69) is 65.7 Å². The van der Waals surface area contributed by atoms with E-state index in [4.69, 9.17) is 4.99 Å². The second-order valence-corrected chi connectivity index (χ2v) is 7.58. The lowest BCUT2D eigenvalue weighted by Gasteiger charge is -2.32. The molecule has 0 amide bonds. The summed E-state index contributed by atoms with van der Waals surface area (Å²) >= 11 is 0. The molecule has 2 aromatic rings. The Hall–Kier alpha value is -2.01. The molecule has 1 aliphatic heterocycles. The van der Waals surface area contributed by atoms with Crippen LogP contribution in [-0.4, -0.2) is 54.6 Å². The molecule has 0 bridgehead atoms. The van der Waals surface area contributed by atoms with Gasteiger partial charge in [0, 0.05) is 49.3 Å². The summed E-state index contributed by atoms with van der Waals surface area (Å²) in [7, 11) is 0. The third-order valence-corrected chi connectivity index (χ3v) is 5.46. The molecule has 1 saturated heterocycles. The number of aliphatic imine (C=N–C) groups is 1. The molecule has 3 rings (SSSR count). The molecule has 1 aromatic carbocycles. The van der Waals surface area contributed by atoms with Crippen LogP contribution in [0.2, 0.25) is 0 Å². The summed E-state index contributed by atoms with van der Waals surface area (Å²) in [6.45, 7) is 11.9. The number of aromatic amines is 1. The number of aromatic nitrogens is 1. The van der Waals surface area contributed by atoms with E-state index in [9.17, 15) is 0 Å². The molecule has 0 aliphatic carbocycles. The topological polar surface area (TPSA) is 55.5 Å². The average molecular weight is 370 g/mol. The highest BCUT2D eigenvalue weighted by Gasteiger charge is 2.19. The van der Waals surface area contributed by atoms with Crippen molar-refractivity contribution in [2.75, 3.05) is 32.7 Å². The summed E-state index contributed by atoms with van der Waals surface area (Å²) in [5.41, 5.74) is 3.91. The first-order chi connectivity index (χ1) is 13.2. The van der Waals surface area contributed by atoms with E-state index >= 15 is 0 Å².